The third-order valence-corrected chi connectivity index (χ3v) is 2.31. The van der Waals surface area contributed by atoms with E-state index < -0.39 is 0 Å². The topological polar surface area (TPSA) is 36.3 Å². The highest BCUT2D eigenvalue weighted by molar-refractivity contribution is 14.1. The van der Waals surface area contributed by atoms with E-state index in [1.807, 2.05) is 25.7 Å². The third-order valence-electron chi connectivity index (χ3n) is 1.53. The van der Waals surface area contributed by atoms with Crippen LogP contribution in [0.2, 0.25) is 0 Å². The Morgan fingerprint density at radius 3 is 2.33 bits per heavy atom. The summed E-state index contributed by atoms with van der Waals surface area (Å²) in [4.78, 5) is 1.95. The molecule has 1 saturated heterocycles. The predicted molar refractivity (Wildman–Crippen MR) is 57.9 cm³/mol. The van der Waals surface area contributed by atoms with Crippen LogP contribution in [-0.4, -0.2) is 33.5 Å². The number of nitrogens with one attached hydrogen (secondary N) is 1. The molecule has 1 aliphatic rings. The molecule has 1 rings (SSSR count). The van der Waals surface area contributed by atoms with E-state index in [0.29, 0.717) is 9.95 Å². The van der Waals surface area contributed by atoms with Crippen molar-refractivity contribution < 1.29 is 4.74 Å². The van der Waals surface area contributed by atoms with Crippen LogP contribution in [0.1, 0.15) is 20.8 Å². The number of alkyl halides is 1. The first-order chi connectivity index (χ1) is 5.38. The fourth-order valence-corrected chi connectivity index (χ4v) is 1.90. The van der Waals surface area contributed by atoms with Gasteiger partial charge in [-0.25, -0.2) is 0 Å². The van der Waals surface area contributed by atoms with Gasteiger partial charge in [0.15, 0.2) is 0 Å². The van der Waals surface area contributed by atoms with Crippen LogP contribution in [0.15, 0.2) is 0 Å². The lowest BCUT2D eigenvalue weighted by Crippen LogP contribution is -2.52. The van der Waals surface area contributed by atoms with E-state index in [0.717, 1.165) is 13.1 Å². The van der Waals surface area contributed by atoms with Crippen molar-refractivity contribution in [3.8, 4) is 0 Å². The minimum absolute atomic E-state index is 0.243. The zero-order chi connectivity index (χ0) is 9.35. The Morgan fingerprint density at radius 1 is 1.50 bits per heavy atom. The van der Waals surface area contributed by atoms with Gasteiger partial charge in [0.2, 0.25) is 0 Å². The number of halogens is 1. The molecule has 12 heavy (non-hydrogen) atoms. The molecule has 0 aromatic heterocycles. The Bertz CT molecular complexity index is 182. The largest absolute Gasteiger partial charge is 0.460 e. The minimum atomic E-state index is -0.243. The van der Waals surface area contributed by atoms with Gasteiger partial charge in [0.05, 0.1) is 0 Å². The predicted octanol–water partition coefficient (Wildman–Crippen LogP) is 1.86. The summed E-state index contributed by atoms with van der Waals surface area (Å²) in [6.07, 6.45) is 0. The highest BCUT2D eigenvalue weighted by Crippen LogP contribution is 2.19. The third kappa shape index (κ3) is 2.80. The lowest BCUT2D eigenvalue weighted by molar-refractivity contribution is 0.0750. The number of rotatable bonds is 0. The summed E-state index contributed by atoms with van der Waals surface area (Å²) in [6, 6.07) is 0.315. The van der Waals surface area contributed by atoms with Crippen LogP contribution in [0.5, 0.6) is 0 Å². The van der Waals surface area contributed by atoms with Crippen LogP contribution in [0.25, 0.3) is 0 Å². The fraction of sp³-hybridized carbons (Fsp3) is 0.875. The molecule has 1 heterocycles. The first-order valence-corrected chi connectivity index (χ1v) is 5.29. The molecule has 3 nitrogen and oxygen atoms in total. The second kappa shape index (κ2) is 3.40. The van der Waals surface area contributed by atoms with Crippen molar-refractivity contribution in [2.24, 2.45) is 0 Å². The van der Waals surface area contributed by atoms with Crippen molar-refractivity contribution in [3.63, 3.8) is 0 Å². The maximum absolute atomic E-state index is 7.59. The summed E-state index contributed by atoms with van der Waals surface area (Å²) in [7, 11) is 0. The molecule has 1 aliphatic heterocycles. The molecule has 0 saturated carbocycles. The molecule has 0 aliphatic carbocycles. The van der Waals surface area contributed by atoms with Gasteiger partial charge in [-0.1, -0.05) is 22.6 Å². The SMILES string of the molecule is CC(C)(C)OC(=N)N1CC(I)C1. The van der Waals surface area contributed by atoms with Crippen LogP contribution in [0, 0.1) is 5.41 Å². The van der Waals surface area contributed by atoms with Crippen molar-refractivity contribution in [3.05, 3.63) is 0 Å². The Kier molecular flexibility index (Phi) is 2.85. The molecule has 0 aromatic carbocycles. The molecule has 0 amide bonds. The second-order valence-corrected chi connectivity index (χ2v) is 5.78. The number of hydrogen-bond acceptors (Lipinski definition) is 2. The lowest BCUT2D eigenvalue weighted by atomic mass is 10.2. The van der Waals surface area contributed by atoms with E-state index in [2.05, 4.69) is 22.6 Å². The quantitative estimate of drug-likeness (QED) is 0.318. The number of likely N-dealkylation sites (tertiary alicyclic amines) is 1. The average molecular weight is 282 g/mol. The van der Waals surface area contributed by atoms with E-state index >= 15 is 0 Å². The highest BCUT2D eigenvalue weighted by Gasteiger charge is 2.29. The van der Waals surface area contributed by atoms with Crippen molar-refractivity contribution in [1.82, 2.24) is 4.90 Å². The zero-order valence-electron chi connectivity index (χ0n) is 7.72. The molecular formula is C8H15IN2O. The van der Waals surface area contributed by atoms with Gasteiger partial charge in [-0.2, -0.15) is 0 Å². The van der Waals surface area contributed by atoms with Crippen molar-refractivity contribution in [2.45, 2.75) is 30.3 Å². The normalized spacial score (nSPS) is 18.8. The standard InChI is InChI=1S/C8H15IN2O/c1-8(2,3)12-7(10)11-4-6(9)5-11/h6,10H,4-5H2,1-3H3. The van der Waals surface area contributed by atoms with Crippen molar-refractivity contribution >= 4 is 28.6 Å². The first-order valence-electron chi connectivity index (χ1n) is 4.05. The molecule has 1 N–H and O–H groups in total. The Hall–Kier alpha value is 0. The lowest BCUT2D eigenvalue weighted by Gasteiger charge is -2.38. The van der Waals surface area contributed by atoms with Gasteiger partial charge in [0, 0.05) is 17.0 Å². The molecule has 0 aromatic rings. The van der Waals surface area contributed by atoms with E-state index in [1.54, 1.807) is 0 Å². The zero-order valence-corrected chi connectivity index (χ0v) is 9.88. The average Bonchev–Trinajstić information content (AvgIpc) is 1.76. The van der Waals surface area contributed by atoms with E-state index in [4.69, 9.17) is 10.1 Å². The van der Waals surface area contributed by atoms with Gasteiger partial charge in [0.1, 0.15) is 5.60 Å². The maximum atomic E-state index is 7.59. The molecule has 0 spiro atoms. The van der Waals surface area contributed by atoms with Crippen LogP contribution in [-0.2, 0) is 4.74 Å². The molecule has 0 radical (unpaired) electrons. The summed E-state index contributed by atoms with van der Waals surface area (Å²) >= 11 is 2.39. The van der Waals surface area contributed by atoms with Crippen LogP contribution < -0.4 is 0 Å². The molecule has 1 fully saturated rings. The minimum Gasteiger partial charge on any atom is -0.460 e. The summed E-state index contributed by atoms with van der Waals surface area (Å²) < 4.78 is 6.08. The number of ether oxygens (including phenoxy) is 1. The molecule has 0 bridgehead atoms. The summed E-state index contributed by atoms with van der Waals surface area (Å²) in [5.74, 6) is 0. The number of nitrogens with zero attached hydrogens (tertiary/aromatic N) is 1. The fourth-order valence-electron chi connectivity index (χ4n) is 0.945. The monoisotopic (exact) mass is 282 g/mol. The summed E-state index contributed by atoms with van der Waals surface area (Å²) in [5, 5.41) is 7.59. The van der Waals surface area contributed by atoms with Gasteiger partial charge in [-0.3, -0.25) is 5.41 Å². The summed E-state index contributed by atoms with van der Waals surface area (Å²) in [5.41, 5.74) is -0.243. The van der Waals surface area contributed by atoms with Crippen LogP contribution in [0.4, 0.5) is 0 Å². The Labute approximate surface area is 87.1 Å². The molecule has 70 valence electrons. The second-order valence-electron chi connectivity index (χ2n) is 4.02. The number of hydrogen-bond donors (Lipinski definition) is 1. The van der Waals surface area contributed by atoms with Crippen LogP contribution >= 0.6 is 22.6 Å². The smallest absolute Gasteiger partial charge is 0.284 e. The van der Waals surface area contributed by atoms with E-state index in [9.17, 15) is 0 Å². The Morgan fingerprint density at radius 2 is 2.00 bits per heavy atom. The van der Waals surface area contributed by atoms with E-state index in [1.165, 1.54) is 0 Å². The summed E-state index contributed by atoms with van der Waals surface area (Å²) in [6.45, 7) is 7.79. The van der Waals surface area contributed by atoms with Gasteiger partial charge >= 0.3 is 0 Å². The molecule has 4 heteroatoms. The highest BCUT2D eigenvalue weighted by atomic mass is 127. The van der Waals surface area contributed by atoms with Crippen LogP contribution in [0.3, 0.4) is 0 Å². The number of amidine groups is 1. The molecular weight excluding hydrogens is 267 g/mol. The molecule has 0 unspecified atom stereocenters. The van der Waals surface area contributed by atoms with E-state index in [-0.39, 0.29) is 5.60 Å². The van der Waals surface area contributed by atoms with Gasteiger partial charge < -0.3 is 9.64 Å². The maximum Gasteiger partial charge on any atom is 0.284 e. The first kappa shape index (κ1) is 10.1. The van der Waals surface area contributed by atoms with Gasteiger partial charge in [-0.05, 0) is 20.8 Å². The molecule has 0 atom stereocenters. The van der Waals surface area contributed by atoms with Gasteiger partial charge in [0.25, 0.3) is 6.02 Å². The van der Waals surface area contributed by atoms with Gasteiger partial charge in [-0.15, -0.1) is 0 Å². The Balaban J connectivity index is 2.30. The van der Waals surface area contributed by atoms with Crippen molar-refractivity contribution in [1.29, 1.82) is 5.41 Å². The van der Waals surface area contributed by atoms with Crippen molar-refractivity contribution in [2.75, 3.05) is 13.1 Å².